The zero-order valence-corrected chi connectivity index (χ0v) is 16.6. The third-order valence-corrected chi connectivity index (χ3v) is 7.21. The molecule has 7 nitrogen and oxygen atoms in total. The molecular weight excluding hydrogens is 362 g/mol. The maximum atomic E-state index is 13.1. The molecule has 9 heteroatoms. The molecule has 0 aliphatic rings. The van der Waals surface area contributed by atoms with Crippen LogP contribution in [0.4, 0.5) is 0 Å². The second-order valence-electron chi connectivity index (χ2n) is 6.11. The van der Waals surface area contributed by atoms with Gasteiger partial charge in [0.2, 0.25) is 10.0 Å². The van der Waals surface area contributed by atoms with Crippen LogP contribution >= 0.6 is 0 Å². The highest BCUT2D eigenvalue weighted by atomic mass is 32.2. The van der Waals surface area contributed by atoms with E-state index in [1.54, 1.807) is 38.0 Å². The van der Waals surface area contributed by atoms with E-state index in [9.17, 15) is 16.8 Å². The van der Waals surface area contributed by atoms with E-state index in [0.717, 1.165) is 11.8 Å². The third kappa shape index (κ3) is 4.10. The molecule has 0 fully saturated rings. The van der Waals surface area contributed by atoms with E-state index >= 15 is 0 Å². The van der Waals surface area contributed by atoms with E-state index < -0.39 is 19.9 Å². The zero-order valence-electron chi connectivity index (χ0n) is 15.0. The van der Waals surface area contributed by atoms with Crippen LogP contribution in [-0.4, -0.2) is 43.7 Å². The van der Waals surface area contributed by atoms with E-state index in [-0.39, 0.29) is 28.4 Å². The number of aryl methyl sites for hydroxylation is 2. The van der Waals surface area contributed by atoms with Crippen molar-refractivity contribution in [3.63, 3.8) is 0 Å². The molecule has 0 spiro atoms. The van der Waals surface area contributed by atoms with E-state index in [1.807, 2.05) is 0 Å². The maximum absolute atomic E-state index is 13.1. The van der Waals surface area contributed by atoms with Gasteiger partial charge in [-0.05, 0) is 37.1 Å². The van der Waals surface area contributed by atoms with Crippen LogP contribution in [-0.2, 0) is 33.5 Å². The Morgan fingerprint density at radius 2 is 1.72 bits per heavy atom. The minimum absolute atomic E-state index is 0.0265. The summed E-state index contributed by atoms with van der Waals surface area (Å²) >= 11 is 0. The molecule has 0 bridgehead atoms. The Kier molecular flexibility index (Phi) is 5.41. The zero-order chi connectivity index (χ0) is 19.0. The second kappa shape index (κ2) is 6.89. The van der Waals surface area contributed by atoms with Crippen molar-refractivity contribution >= 4 is 19.9 Å². The number of aromatic nitrogens is 2. The van der Waals surface area contributed by atoms with Crippen LogP contribution in [0.1, 0.15) is 23.6 Å². The van der Waals surface area contributed by atoms with E-state index in [2.05, 4.69) is 5.10 Å². The molecule has 2 aromatic rings. The number of benzene rings is 1. The Morgan fingerprint density at radius 3 is 2.20 bits per heavy atom. The molecule has 0 amide bonds. The summed E-state index contributed by atoms with van der Waals surface area (Å²) < 4.78 is 53.2. The molecule has 1 aromatic heterocycles. The van der Waals surface area contributed by atoms with Crippen LogP contribution in [0.5, 0.6) is 0 Å². The van der Waals surface area contributed by atoms with Gasteiger partial charge >= 0.3 is 0 Å². The van der Waals surface area contributed by atoms with Crippen molar-refractivity contribution in [1.29, 1.82) is 0 Å². The first-order chi connectivity index (χ1) is 11.5. The minimum Gasteiger partial charge on any atom is -0.275 e. The Balaban J connectivity index is 2.56. The van der Waals surface area contributed by atoms with Gasteiger partial charge in [0.05, 0.1) is 16.0 Å². The first-order valence-electron chi connectivity index (χ1n) is 7.75. The maximum Gasteiger partial charge on any atom is 0.243 e. The van der Waals surface area contributed by atoms with Crippen molar-refractivity contribution in [2.75, 3.05) is 12.8 Å². The Labute approximate surface area is 149 Å². The predicted octanol–water partition coefficient (Wildman–Crippen LogP) is 1.65. The average Bonchev–Trinajstić information content (AvgIpc) is 2.90. The minimum atomic E-state index is -3.84. The van der Waals surface area contributed by atoms with Gasteiger partial charge in [-0.1, -0.05) is 6.92 Å². The summed E-state index contributed by atoms with van der Waals surface area (Å²) in [5, 5.41) is 4.05. The van der Waals surface area contributed by atoms with Gasteiger partial charge in [-0.25, -0.2) is 16.8 Å². The summed E-state index contributed by atoms with van der Waals surface area (Å²) in [4.78, 5) is 0.0715. The molecule has 0 aliphatic heterocycles. The normalized spacial score (nSPS) is 12.7. The molecule has 138 valence electrons. The molecular formula is C16H23N3O4S2. The molecule has 0 radical (unpaired) electrons. The van der Waals surface area contributed by atoms with Crippen molar-refractivity contribution in [2.24, 2.45) is 7.05 Å². The lowest BCUT2D eigenvalue weighted by atomic mass is 10.2. The highest BCUT2D eigenvalue weighted by Gasteiger charge is 2.28. The number of sulfonamides is 1. The monoisotopic (exact) mass is 385 g/mol. The van der Waals surface area contributed by atoms with Gasteiger partial charge in [0.15, 0.2) is 9.84 Å². The summed E-state index contributed by atoms with van der Waals surface area (Å²) in [7, 11) is -5.61. The number of hydrogen-bond donors (Lipinski definition) is 0. The first-order valence-corrected chi connectivity index (χ1v) is 11.1. The van der Waals surface area contributed by atoms with Crippen LogP contribution < -0.4 is 0 Å². The molecule has 0 atom stereocenters. The lowest BCUT2D eigenvalue weighted by Gasteiger charge is -2.22. The molecule has 1 heterocycles. The number of nitrogens with zero attached hydrogens (tertiary/aromatic N) is 3. The van der Waals surface area contributed by atoms with Crippen LogP contribution in [0.25, 0.3) is 0 Å². The lowest BCUT2D eigenvalue weighted by molar-refractivity contribution is 0.422. The molecule has 1 aromatic carbocycles. The van der Waals surface area contributed by atoms with Crippen molar-refractivity contribution in [3.8, 4) is 0 Å². The molecule has 25 heavy (non-hydrogen) atoms. The van der Waals surface area contributed by atoms with Crippen molar-refractivity contribution in [3.05, 3.63) is 41.2 Å². The Bertz CT molecular complexity index is 992. The standard InChI is InChI=1S/C16H23N3O4S2/c1-6-19(11-14-9-17-18(4)10-14)25(22,23)16-8-12(2)7-15(13(16)3)24(5,20)21/h7-10H,6,11H2,1-5H3. The highest BCUT2D eigenvalue weighted by molar-refractivity contribution is 7.91. The Hall–Kier alpha value is -1.71. The van der Waals surface area contributed by atoms with Gasteiger partial charge in [-0.3, -0.25) is 4.68 Å². The fraction of sp³-hybridized carbons (Fsp3) is 0.438. The molecule has 2 rings (SSSR count). The largest absolute Gasteiger partial charge is 0.275 e. The first kappa shape index (κ1) is 19.6. The van der Waals surface area contributed by atoms with Crippen LogP contribution in [0.15, 0.2) is 34.3 Å². The van der Waals surface area contributed by atoms with Gasteiger partial charge < -0.3 is 0 Å². The summed E-state index contributed by atoms with van der Waals surface area (Å²) in [6.45, 7) is 5.40. The van der Waals surface area contributed by atoms with Crippen LogP contribution in [0.2, 0.25) is 0 Å². The number of sulfone groups is 1. The number of rotatable bonds is 6. The van der Waals surface area contributed by atoms with Crippen molar-refractivity contribution < 1.29 is 16.8 Å². The molecule has 0 saturated heterocycles. The third-order valence-electron chi connectivity index (χ3n) is 3.94. The van der Waals surface area contributed by atoms with Crippen LogP contribution in [0, 0.1) is 13.8 Å². The average molecular weight is 386 g/mol. The molecule has 0 unspecified atom stereocenters. The topological polar surface area (TPSA) is 89.3 Å². The smallest absolute Gasteiger partial charge is 0.243 e. The van der Waals surface area contributed by atoms with E-state index in [0.29, 0.717) is 5.56 Å². The summed E-state index contributed by atoms with van der Waals surface area (Å²) in [6, 6.07) is 3.02. The van der Waals surface area contributed by atoms with Crippen molar-refractivity contribution in [2.45, 2.75) is 37.1 Å². The second-order valence-corrected chi connectivity index (χ2v) is 10.0. The van der Waals surface area contributed by atoms with Crippen molar-refractivity contribution in [1.82, 2.24) is 14.1 Å². The molecule has 0 saturated carbocycles. The molecule has 0 N–H and O–H groups in total. The quantitative estimate of drug-likeness (QED) is 0.754. The SMILES string of the molecule is CCN(Cc1cnn(C)c1)S(=O)(=O)c1cc(C)cc(S(C)(=O)=O)c1C. The highest BCUT2D eigenvalue weighted by Crippen LogP contribution is 2.28. The fourth-order valence-corrected chi connectivity index (χ4v) is 5.61. The van der Waals surface area contributed by atoms with Crippen LogP contribution in [0.3, 0.4) is 0 Å². The fourth-order valence-electron chi connectivity index (χ4n) is 2.71. The number of hydrogen-bond acceptors (Lipinski definition) is 5. The van der Waals surface area contributed by atoms with Gasteiger partial charge in [0.1, 0.15) is 0 Å². The van der Waals surface area contributed by atoms with Gasteiger partial charge in [0.25, 0.3) is 0 Å². The Morgan fingerprint density at radius 1 is 1.12 bits per heavy atom. The van der Waals surface area contributed by atoms with E-state index in [1.165, 1.54) is 23.4 Å². The van der Waals surface area contributed by atoms with Gasteiger partial charge in [-0.2, -0.15) is 9.40 Å². The van der Waals surface area contributed by atoms with Gasteiger partial charge in [-0.15, -0.1) is 0 Å². The molecule has 0 aliphatic carbocycles. The van der Waals surface area contributed by atoms with E-state index in [4.69, 9.17) is 0 Å². The predicted molar refractivity (Wildman–Crippen MR) is 95.5 cm³/mol. The van der Waals surface area contributed by atoms with Gasteiger partial charge in [0, 0.05) is 38.2 Å². The lowest BCUT2D eigenvalue weighted by Crippen LogP contribution is -2.31. The summed E-state index contributed by atoms with van der Waals surface area (Å²) in [5.74, 6) is 0. The summed E-state index contributed by atoms with van der Waals surface area (Å²) in [6.07, 6.45) is 4.45. The summed E-state index contributed by atoms with van der Waals surface area (Å²) in [5.41, 5.74) is 1.60.